The molecule has 0 aliphatic heterocycles. The van der Waals surface area contributed by atoms with Crippen LogP contribution in [-0.4, -0.2) is 27.3 Å². The molecule has 1 heterocycles. The van der Waals surface area contributed by atoms with Crippen LogP contribution in [0.15, 0.2) is 33.8 Å². The van der Waals surface area contributed by atoms with Crippen LogP contribution < -0.4 is 11.2 Å². The first-order chi connectivity index (χ1) is 8.65. The van der Waals surface area contributed by atoms with Crippen molar-refractivity contribution in [1.82, 2.24) is 20.6 Å². The summed E-state index contributed by atoms with van der Waals surface area (Å²) in [6.07, 6.45) is 1.52. The van der Waals surface area contributed by atoms with E-state index in [1.165, 1.54) is 6.21 Å². The molecule has 0 unspecified atom stereocenters. The third kappa shape index (κ3) is 3.14. The van der Waals surface area contributed by atoms with Crippen LogP contribution in [0.25, 0.3) is 0 Å². The van der Waals surface area contributed by atoms with Crippen LogP contribution in [0.2, 0.25) is 0 Å². The van der Waals surface area contributed by atoms with Gasteiger partial charge in [-0.25, -0.2) is 5.43 Å². The van der Waals surface area contributed by atoms with Gasteiger partial charge in [0, 0.05) is 4.47 Å². The average Bonchev–Trinajstić information content (AvgIpc) is 2.78. The number of nitrogens with one attached hydrogen (secondary N) is 2. The Morgan fingerprint density at radius 1 is 1.44 bits per heavy atom. The normalized spacial score (nSPS) is 10.7. The number of benzene rings is 1. The van der Waals surface area contributed by atoms with E-state index in [0.29, 0.717) is 0 Å². The van der Waals surface area contributed by atoms with Gasteiger partial charge in [0.2, 0.25) is 11.8 Å². The molecule has 8 heteroatoms. The molecule has 4 N–H and O–H groups in total. The second-order valence-electron chi connectivity index (χ2n) is 3.29. The molecule has 7 nitrogen and oxygen atoms in total. The quantitative estimate of drug-likeness (QED) is 0.578. The minimum absolute atomic E-state index is 0.0111. The molecule has 0 saturated heterocycles. The van der Waals surface area contributed by atoms with Crippen LogP contribution in [0.1, 0.15) is 16.2 Å². The Hall–Kier alpha value is -2.22. The van der Waals surface area contributed by atoms with Crippen molar-refractivity contribution in [3.8, 4) is 0 Å². The van der Waals surface area contributed by atoms with Gasteiger partial charge in [-0.3, -0.25) is 9.89 Å². The third-order valence-corrected chi connectivity index (χ3v) is 2.50. The minimum atomic E-state index is -0.507. The molecule has 1 aromatic carbocycles. The standard InChI is InChI=1S/C10H9BrN6O/c11-7-3-1-6(2-4-7)5-13-16-9(18)8-14-10(12)17-15-8/h1-5H,(H,16,18)(H3,12,14,15,17). The molecule has 1 aromatic heterocycles. The van der Waals surface area contributed by atoms with Crippen molar-refractivity contribution in [3.05, 3.63) is 40.1 Å². The molecule has 0 radical (unpaired) electrons. The van der Waals surface area contributed by atoms with Crippen LogP contribution in [-0.2, 0) is 0 Å². The summed E-state index contributed by atoms with van der Waals surface area (Å²) in [7, 11) is 0. The fraction of sp³-hybridized carbons (Fsp3) is 0. The molecule has 92 valence electrons. The maximum absolute atomic E-state index is 11.5. The van der Waals surface area contributed by atoms with Gasteiger partial charge in [-0.05, 0) is 17.7 Å². The summed E-state index contributed by atoms with van der Waals surface area (Å²) in [6.45, 7) is 0. The lowest BCUT2D eigenvalue weighted by Gasteiger charge is -1.95. The highest BCUT2D eigenvalue weighted by Crippen LogP contribution is 2.08. The number of carbonyl (C=O) groups excluding carboxylic acids is 1. The summed E-state index contributed by atoms with van der Waals surface area (Å²) in [4.78, 5) is 15.1. The van der Waals surface area contributed by atoms with E-state index in [4.69, 9.17) is 5.73 Å². The van der Waals surface area contributed by atoms with E-state index < -0.39 is 5.91 Å². The largest absolute Gasteiger partial charge is 0.366 e. The number of carbonyl (C=O) groups is 1. The van der Waals surface area contributed by atoms with Crippen LogP contribution in [0, 0.1) is 0 Å². The molecule has 1 amide bonds. The average molecular weight is 309 g/mol. The Labute approximate surface area is 111 Å². The summed E-state index contributed by atoms with van der Waals surface area (Å²) in [6, 6.07) is 7.46. The Kier molecular flexibility index (Phi) is 3.68. The topological polar surface area (TPSA) is 109 Å². The Bertz CT molecular complexity index is 576. The van der Waals surface area contributed by atoms with E-state index in [0.717, 1.165) is 10.0 Å². The molecule has 18 heavy (non-hydrogen) atoms. The van der Waals surface area contributed by atoms with Gasteiger partial charge in [0.1, 0.15) is 0 Å². The number of amides is 1. The van der Waals surface area contributed by atoms with Crippen LogP contribution >= 0.6 is 15.9 Å². The number of aromatic nitrogens is 3. The molecule has 0 aliphatic rings. The maximum Gasteiger partial charge on any atom is 0.308 e. The van der Waals surface area contributed by atoms with Crippen molar-refractivity contribution in [1.29, 1.82) is 0 Å². The molecule has 0 bridgehead atoms. The lowest BCUT2D eigenvalue weighted by Crippen LogP contribution is -2.19. The molecule has 0 aliphatic carbocycles. The lowest BCUT2D eigenvalue weighted by molar-refractivity contribution is 0.0945. The molecule has 0 saturated carbocycles. The zero-order chi connectivity index (χ0) is 13.0. The molecule has 2 aromatic rings. The smallest absolute Gasteiger partial charge is 0.308 e. The van der Waals surface area contributed by atoms with Crippen molar-refractivity contribution in [3.63, 3.8) is 0 Å². The van der Waals surface area contributed by atoms with Gasteiger partial charge < -0.3 is 5.73 Å². The number of hydrogen-bond donors (Lipinski definition) is 3. The van der Waals surface area contributed by atoms with Crippen molar-refractivity contribution in [2.24, 2.45) is 5.10 Å². The van der Waals surface area contributed by atoms with Gasteiger partial charge >= 0.3 is 5.91 Å². The van der Waals surface area contributed by atoms with Crippen molar-refractivity contribution >= 4 is 34.0 Å². The summed E-state index contributed by atoms with van der Waals surface area (Å²) in [5.41, 5.74) is 8.44. The highest BCUT2D eigenvalue weighted by Gasteiger charge is 2.08. The SMILES string of the molecule is Nc1n[nH]c(C(=O)NN=Cc2ccc(Br)cc2)n1. The van der Waals surface area contributed by atoms with Crippen molar-refractivity contribution in [2.45, 2.75) is 0 Å². The zero-order valence-corrected chi connectivity index (χ0v) is 10.7. The Morgan fingerprint density at radius 2 is 2.17 bits per heavy atom. The summed E-state index contributed by atoms with van der Waals surface area (Å²) in [5.74, 6) is -0.481. The molecular formula is C10H9BrN6O. The van der Waals surface area contributed by atoms with Gasteiger partial charge in [-0.15, -0.1) is 5.10 Å². The molecule has 2 rings (SSSR count). The summed E-state index contributed by atoms with van der Waals surface area (Å²) in [5, 5.41) is 9.71. The van der Waals surface area contributed by atoms with Gasteiger partial charge in [-0.2, -0.15) is 10.1 Å². The summed E-state index contributed by atoms with van der Waals surface area (Å²) < 4.78 is 0.973. The number of hydrazone groups is 1. The first-order valence-corrected chi connectivity index (χ1v) is 5.71. The highest BCUT2D eigenvalue weighted by atomic mass is 79.9. The monoisotopic (exact) mass is 308 g/mol. The number of H-pyrrole nitrogens is 1. The van der Waals surface area contributed by atoms with Crippen molar-refractivity contribution < 1.29 is 4.79 Å². The van der Waals surface area contributed by atoms with Crippen LogP contribution in [0.5, 0.6) is 0 Å². The molecular weight excluding hydrogens is 300 g/mol. The van der Waals surface area contributed by atoms with Gasteiger partial charge in [0.15, 0.2) is 0 Å². The van der Waals surface area contributed by atoms with Gasteiger partial charge in [0.05, 0.1) is 6.21 Å². The van der Waals surface area contributed by atoms with E-state index in [1.54, 1.807) is 0 Å². The Balaban J connectivity index is 1.95. The predicted octanol–water partition coefficient (Wildman–Crippen LogP) is 0.913. The van der Waals surface area contributed by atoms with E-state index in [-0.39, 0.29) is 11.8 Å². The van der Waals surface area contributed by atoms with Crippen LogP contribution in [0.4, 0.5) is 5.95 Å². The Morgan fingerprint density at radius 3 is 2.78 bits per heavy atom. The second kappa shape index (κ2) is 5.41. The zero-order valence-electron chi connectivity index (χ0n) is 9.09. The maximum atomic E-state index is 11.5. The summed E-state index contributed by atoms with van der Waals surface area (Å²) >= 11 is 3.32. The van der Waals surface area contributed by atoms with E-state index in [9.17, 15) is 4.79 Å². The fourth-order valence-electron chi connectivity index (χ4n) is 1.14. The van der Waals surface area contributed by atoms with Crippen LogP contribution in [0.3, 0.4) is 0 Å². The van der Waals surface area contributed by atoms with Gasteiger partial charge in [-0.1, -0.05) is 28.1 Å². The predicted molar refractivity (Wildman–Crippen MR) is 70.0 cm³/mol. The number of aromatic amines is 1. The fourth-order valence-corrected chi connectivity index (χ4v) is 1.41. The number of nitrogens with zero attached hydrogens (tertiary/aromatic N) is 3. The molecule has 0 fully saturated rings. The number of rotatable bonds is 3. The first-order valence-electron chi connectivity index (χ1n) is 4.92. The number of anilines is 1. The van der Waals surface area contributed by atoms with E-state index >= 15 is 0 Å². The third-order valence-electron chi connectivity index (χ3n) is 1.97. The number of nitrogens with two attached hydrogens (primary N) is 1. The number of hydrogen-bond acceptors (Lipinski definition) is 5. The number of halogens is 1. The lowest BCUT2D eigenvalue weighted by atomic mass is 10.2. The van der Waals surface area contributed by atoms with Crippen molar-refractivity contribution in [2.75, 3.05) is 5.73 Å². The molecule has 0 spiro atoms. The van der Waals surface area contributed by atoms with E-state index in [1.807, 2.05) is 24.3 Å². The van der Waals surface area contributed by atoms with E-state index in [2.05, 4.69) is 41.6 Å². The number of nitrogen functional groups attached to an aromatic ring is 1. The highest BCUT2D eigenvalue weighted by molar-refractivity contribution is 9.10. The van der Waals surface area contributed by atoms with Gasteiger partial charge in [0.25, 0.3) is 0 Å². The minimum Gasteiger partial charge on any atom is -0.366 e. The first kappa shape index (κ1) is 12.2. The second-order valence-corrected chi connectivity index (χ2v) is 4.21. The molecule has 0 atom stereocenters.